The van der Waals surface area contributed by atoms with Gasteiger partial charge in [-0.05, 0) is 43.5 Å². The van der Waals surface area contributed by atoms with E-state index in [2.05, 4.69) is 52.5 Å². The summed E-state index contributed by atoms with van der Waals surface area (Å²) in [4.78, 5) is 25.6. The van der Waals surface area contributed by atoms with Gasteiger partial charge in [-0.1, -0.05) is 48.0 Å². The maximum Gasteiger partial charge on any atom is 0.243 e. The number of carbonyl (C=O) groups is 1. The number of rotatable bonds is 5. The van der Waals surface area contributed by atoms with Crippen molar-refractivity contribution < 1.29 is 4.79 Å². The van der Waals surface area contributed by atoms with Crippen molar-refractivity contribution in [2.75, 3.05) is 23.8 Å². The second-order valence-electron chi connectivity index (χ2n) is 7.57. The van der Waals surface area contributed by atoms with Crippen molar-refractivity contribution in [1.82, 2.24) is 9.97 Å². The highest BCUT2D eigenvalue weighted by Crippen LogP contribution is 2.35. The maximum atomic E-state index is 12.8. The number of nitrogens with zero attached hydrogens (tertiary/aromatic N) is 3. The van der Waals surface area contributed by atoms with Gasteiger partial charge in [-0.2, -0.15) is 0 Å². The molecule has 30 heavy (non-hydrogen) atoms. The molecule has 0 bridgehead atoms. The Balaban J connectivity index is 1.57. The number of thiophene rings is 1. The predicted octanol–water partition coefficient (Wildman–Crippen LogP) is 5.36. The summed E-state index contributed by atoms with van der Waals surface area (Å²) in [7, 11) is 1.88. The summed E-state index contributed by atoms with van der Waals surface area (Å²) >= 11 is 1.63. The number of fused-ring (bicyclic) bond motifs is 1. The van der Waals surface area contributed by atoms with E-state index in [4.69, 9.17) is 0 Å². The van der Waals surface area contributed by atoms with E-state index < -0.39 is 0 Å². The molecule has 2 heterocycles. The number of hydrogen-bond acceptors (Lipinski definition) is 5. The van der Waals surface area contributed by atoms with Crippen LogP contribution >= 0.6 is 11.3 Å². The van der Waals surface area contributed by atoms with Crippen LogP contribution in [0.15, 0.2) is 54.9 Å². The highest BCUT2D eigenvalue weighted by Gasteiger charge is 2.16. The van der Waals surface area contributed by atoms with Gasteiger partial charge in [0.15, 0.2) is 0 Å². The number of hydrogen-bond donors (Lipinski definition) is 1. The summed E-state index contributed by atoms with van der Waals surface area (Å²) < 4.78 is 0. The minimum absolute atomic E-state index is 0.0715. The molecule has 0 saturated carbocycles. The monoisotopic (exact) mass is 416 g/mol. The molecule has 0 radical (unpaired) electrons. The summed E-state index contributed by atoms with van der Waals surface area (Å²) in [5.41, 5.74) is 5.36. The van der Waals surface area contributed by atoms with Gasteiger partial charge in [0.25, 0.3) is 0 Å². The average molecular weight is 417 g/mol. The Labute approximate surface area is 180 Å². The lowest BCUT2D eigenvalue weighted by molar-refractivity contribution is -0.114. The molecule has 6 heteroatoms. The Bertz CT molecular complexity index is 1190. The average Bonchev–Trinajstić information content (AvgIpc) is 3.15. The fourth-order valence-electron chi connectivity index (χ4n) is 3.74. The van der Waals surface area contributed by atoms with Crippen molar-refractivity contribution in [2.45, 2.75) is 20.8 Å². The lowest BCUT2D eigenvalue weighted by Crippen LogP contribution is -2.31. The highest BCUT2D eigenvalue weighted by molar-refractivity contribution is 7.21. The van der Waals surface area contributed by atoms with Crippen LogP contribution in [0.3, 0.4) is 0 Å². The molecule has 0 aliphatic carbocycles. The first-order valence-corrected chi connectivity index (χ1v) is 10.6. The van der Waals surface area contributed by atoms with Crippen LogP contribution in [-0.4, -0.2) is 29.5 Å². The number of aromatic nitrogens is 2. The molecule has 1 N–H and O–H groups in total. The lowest BCUT2D eigenvalue weighted by atomic mass is 10.1. The number of amides is 1. The third kappa shape index (κ3) is 4.04. The molecule has 0 saturated heterocycles. The van der Waals surface area contributed by atoms with Crippen molar-refractivity contribution in [3.63, 3.8) is 0 Å². The van der Waals surface area contributed by atoms with E-state index in [1.165, 1.54) is 5.56 Å². The van der Waals surface area contributed by atoms with Gasteiger partial charge in [-0.15, -0.1) is 11.3 Å². The molecule has 0 atom stereocenters. The van der Waals surface area contributed by atoms with Crippen molar-refractivity contribution in [3.05, 3.63) is 71.5 Å². The van der Waals surface area contributed by atoms with E-state index in [1.807, 2.05) is 44.0 Å². The highest BCUT2D eigenvalue weighted by atomic mass is 32.1. The van der Waals surface area contributed by atoms with Gasteiger partial charge in [0.1, 0.15) is 17.0 Å². The summed E-state index contributed by atoms with van der Waals surface area (Å²) in [6, 6.07) is 16.5. The normalized spacial score (nSPS) is 10.9. The molecule has 0 fully saturated rings. The Morgan fingerprint density at radius 3 is 2.43 bits per heavy atom. The van der Waals surface area contributed by atoms with Gasteiger partial charge < -0.3 is 10.2 Å². The van der Waals surface area contributed by atoms with Gasteiger partial charge in [0, 0.05) is 17.6 Å². The molecular weight excluding hydrogens is 392 g/mol. The number of likely N-dealkylation sites (N-methyl/N-ethyl adjacent to an activating group) is 1. The van der Waals surface area contributed by atoms with Crippen molar-refractivity contribution >= 4 is 39.0 Å². The molecule has 4 rings (SSSR count). The predicted molar refractivity (Wildman–Crippen MR) is 125 cm³/mol. The van der Waals surface area contributed by atoms with Crippen molar-refractivity contribution in [2.24, 2.45) is 0 Å². The second kappa shape index (κ2) is 8.24. The van der Waals surface area contributed by atoms with Crippen LogP contribution in [0.1, 0.15) is 16.7 Å². The number of anilines is 2. The van der Waals surface area contributed by atoms with Crippen LogP contribution < -0.4 is 10.2 Å². The fourth-order valence-corrected chi connectivity index (χ4v) is 4.74. The summed E-state index contributed by atoms with van der Waals surface area (Å²) in [5.74, 6) is 0.684. The standard InChI is InChI=1S/C24H24N4OS/c1-15-10-16(2)22(17(3)11-15)27-21(29)13-28(4)23-19-12-20(18-8-6-5-7-9-18)30-24(19)26-14-25-23/h5-12,14H,13H2,1-4H3,(H,27,29). The third-order valence-corrected chi connectivity index (χ3v) is 6.14. The van der Waals surface area contributed by atoms with E-state index in [0.29, 0.717) is 0 Å². The second-order valence-corrected chi connectivity index (χ2v) is 8.60. The van der Waals surface area contributed by atoms with E-state index in [-0.39, 0.29) is 12.5 Å². The topological polar surface area (TPSA) is 58.1 Å². The molecule has 0 aliphatic heterocycles. The SMILES string of the molecule is Cc1cc(C)c(NC(=O)CN(C)c2ncnc3sc(-c4ccccc4)cc23)c(C)c1. The maximum absolute atomic E-state index is 12.8. The van der Waals surface area contributed by atoms with Gasteiger partial charge in [0.2, 0.25) is 5.91 Å². The summed E-state index contributed by atoms with van der Waals surface area (Å²) in [6.07, 6.45) is 1.56. The quantitative estimate of drug-likeness (QED) is 0.476. The van der Waals surface area contributed by atoms with Crippen LogP contribution in [-0.2, 0) is 4.79 Å². The first kappa shape index (κ1) is 20.0. The molecule has 152 valence electrons. The van der Waals surface area contributed by atoms with Crippen LogP contribution in [0, 0.1) is 20.8 Å². The van der Waals surface area contributed by atoms with E-state index in [9.17, 15) is 4.79 Å². The van der Waals surface area contributed by atoms with E-state index in [1.54, 1.807) is 17.7 Å². The van der Waals surface area contributed by atoms with Gasteiger partial charge >= 0.3 is 0 Å². The minimum atomic E-state index is -0.0715. The van der Waals surface area contributed by atoms with Gasteiger partial charge in [-0.3, -0.25) is 4.79 Å². The third-order valence-electron chi connectivity index (χ3n) is 5.05. The summed E-state index contributed by atoms with van der Waals surface area (Å²) in [5, 5.41) is 4.02. The zero-order chi connectivity index (χ0) is 21.3. The Hall–Kier alpha value is -3.25. The van der Waals surface area contributed by atoms with Crippen molar-refractivity contribution in [3.8, 4) is 10.4 Å². The molecule has 5 nitrogen and oxygen atoms in total. The number of benzene rings is 2. The fraction of sp³-hybridized carbons (Fsp3) is 0.208. The Morgan fingerprint density at radius 2 is 1.73 bits per heavy atom. The largest absolute Gasteiger partial charge is 0.350 e. The molecule has 1 amide bonds. The smallest absolute Gasteiger partial charge is 0.243 e. The number of aryl methyl sites for hydroxylation is 3. The number of carbonyl (C=O) groups excluding carboxylic acids is 1. The molecule has 0 spiro atoms. The zero-order valence-corrected chi connectivity index (χ0v) is 18.4. The summed E-state index contributed by atoms with van der Waals surface area (Å²) in [6.45, 7) is 6.30. The molecule has 2 aromatic carbocycles. The molecule has 4 aromatic rings. The molecule has 2 aromatic heterocycles. The first-order valence-electron chi connectivity index (χ1n) is 9.81. The van der Waals surface area contributed by atoms with Gasteiger partial charge in [0.05, 0.1) is 11.9 Å². The molecule has 0 unspecified atom stereocenters. The van der Waals surface area contributed by atoms with E-state index >= 15 is 0 Å². The van der Waals surface area contributed by atoms with Crippen LogP contribution in [0.25, 0.3) is 20.7 Å². The minimum Gasteiger partial charge on any atom is -0.350 e. The van der Waals surface area contributed by atoms with Crippen LogP contribution in [0.5, 0.6) is 0 Å². The van der Waals surface area contributed by atoms with Crippen LogP contribution in [0.2, 0.25) is 0 Å². The lowest BCUT2D eigenvalue weighted by Gasteiger charge is -2.19. The molecule has 0 aliphatic rings. The first-order chi connectivity index (χ1) is 14.4. The van der Waals surface area contributed by atoms with Gasteiger partial charge in [-0.25, -0.2) is 9.97 Å². The van der Waals surface area contributed by atoms with Crippen molar-refractivity contribution in [1.29, 1.82) is 0 Å². The Kier molecular flexibility index (Phi) is 5.50. The number of nitrogens with one attached hydrogen (secondary N) is 1. The molecular formula is C24H24N4OS. The van der Waals surface area contributed by atoms with E-state index in [0.717, 1.165) is 43.3 Å². The Morgan fingerprint density at radius 1 is 1.03 bits per heavy atom. The zero-order valence-electron chi connectivity index (χ0n) is 17.6. The van der Waals surface area contributed by atoms with Crippen LogP contribution in [0.4, 0.5) is 11.5 Å².